The van der Waals surface area contributed by atoms with Gasteiger partial charge < -0.3 is 15.3 Å². The summed E-state index contributed by atoms with van der Waals surface area (Å²) in [7, 11) is 0. The molecule has 84 valence electrons. The molecule has 1 aromatic carbocycles. The van der Waals surface area contributed by atoms with Crippen LogP contribution in [0.4, 0.5) is 0 Å². The van der Waals surface area contributed by atoms with E-state index in [0.29, 0.717) is 12.0 Å². The summed E-state index contributed by atoms with van der Waals surface area (Å²) in [5, 5.41) is 26.8. The topological polar surface area (TPSA) is 77.8 Å². The van der Waals surface area contributed by atoms with Gasteiger partial charge in [0.05, 0.1) is 5.92 Å². The molecular weight excluding hydrogens is 196 g/mol. The van der Waals surface area contributed by atoms with Crippen LogP contribution >= 0.6 is 0 Å². The van der Waals surface area contributed by atoms with Gasteiger partial charge in [-0.3, -0.25) is 4.79 Å². The first kappa shape index (κ1) is 13.3. The minimum atomic E-state index is -0.877. The summed E-state index contributed by atoms with van der Waals surface area (Å²) in [6.07, 6.45) is 0.336. The van der Waals surface area contributed by atoms with Crippen molar-refractivity contribution >= 4 is 5.97 Å². The fourth-order valence-electron chi connectivity index (χ4n) is 1.14. The zero-order chi connectivity index (χ0) is 10.7. The highest BCUT2D eigenvalue weighted by Crippen LogP contribution is 2.25. The number of phenolic OH excluding ortho intramolecular Hbond substituents is 2. The van der Waals surface area contributed by atoms with Crippen molar-refractivity contribution in [2.75, 3.05) is 0 Å². The maximum absolute atomic E-state index is 10.5. The number of carboxylic acid groups (broad SMARTS) is 1. The van der Waals surface area contributed by atoms with Gasteiger partial charge in [0.15, 0.2) is 11.5 Å². The quantitative estimate of drug-likeness (QED) is 0.669. The van der Waals surface area contributed by atoms with Crippen molar-refractivity contribution in [3.8, 4) is 11.5 Å². The van der Waals surface area contributed by atoms with E-state index in [2.05, 4.69) is 0 Å². The van der Waals surface area contributed by atoms with E-state index in [1.165, 1.54) is 12.1 Å². The summed E-state index contributed by atoms with van der Waals surface area (Å²) in [6.45, 7) is 1.59. The van der Waals surface area contributed by atoms with Crippen LogP contribution in [0.25, 0.3) is 0 Å². The number of carbonyl (C=O) groups is 1. The molecule has 0 aromatic heterocycles. The zero-order valence-electron chi connectivity index (χ0n) is 7.77. The van der Waals surface area contributed by atoms with Crippen LogP contribution in [0, 0.1) is 5.92 Å². The molecule has 4 nitrogen and oxygen atoms in total. The fourth-order valence-corrected chi connectivity index (χ4v) is 1.14. The molecule has 0 fully saturated rings. The van der Waals surface area contributed by atoms with Gasteiger partial charge in [-0.05, 0) is 24.1 Å². The molecule has 1 atom stereocenters. The zero-order valence-corrected chi connectivity index (χ0v) is 7.77. The van der Waals surface area contributed by atoms with E-state index >= 15 is 0 Å². The third-order valence-corrected chi connectivity index (χ3v) is 2.00. The highest BCUT2D eigenvalue weighted by Gasteiger charge is 2.12. The van der Waals surface area contributed by atoms with Crippen LogP contribution in [0.1, 0.15) is 19.9 Å². The lowest BCUT2D eigenvalue weighted by Gasteiger charge is -2.06. The molecule has 0 amide bonds. The van der Waals surface area contributed by atoms with E-state index in [-0.39, 0.29) is 18.9 Å². The molecule has 0 spiro atoms. The molecule has 4 heteroatoms. The molecule has 0 aliphatic carbocycles. The first-order valence-corrected chi connectivity index (χ1v) is 4.24. The Balaban J connectivity index is 0.00000196. The van der Waals surface area contributed by atoms with Crippen LogP contribution in [-0.2, 0) is 11.2 Å². The van der Waals surface area contributed by atoms with E-state index in [9.17, 15) is 4.79 Å². The summed E-state index contributed by atoms with van der Waals surface area (Å²) in [6, 6.07) is 4.31. The Morgan fingerprint density at radius 3 is 2.40 bits per heavy atom. The van der Waals surface area contributed by atoms with Gasteiger partial charge in [-0.2, -0.15) is 0 Å². The van der Waals surface area contributed by atoms with Crippen LogP contribution in [0.2, 0.25) is 0 Å². The average Bonchev–Trinajstić information content (AvgIpc) is 2.11. The van der Waals surface area contributed by atoms with Crippen LogP contribution < -0.4 is 0 Å². The Kier molecular flexibility index (Phi) is 4.64. The number of phenols is 2. The molecule has 0 aliphatic rings. The molecule has 15 heavy (non-hydrogen) atoms. The van der Waals surface area contributed by atoms with Crippen molar-refractivity contribution < 1.29 is 20.1 Å². The maximum Gasteiger partial charge on any atom is 0.306 e. The number of carboxylic acids is 1. The smallest absolute Gasteiger partial charge is 0.306 e. The lowest BCUT2D eigenvalue weighted by Crippen LogP contribution is -2.12. The van der Waals surface area contributed by atoms with Crippen molar-refractivity contribution in [2.24, 2.45) is 5.92 Å². The Hall–Kier alpha value is -1.71. The van der Waals surface area contributed by atoms with Crippen molar-refractivity contribution in [3.05, 3.63) is 23.8 Å². The second kappa shape index (κ2) is 5.24. The molecule has 0 aliphatic heterocycles. The molecule has 3 N–H and O–H groups in total. The van der Waals surface area contributed by atoms with E-state index in [4.69, 9.17) is 15.3 Å². The minimum Gasteiger partial charge on any atom is -0.504 e. The molecule has 0 bridgehead atoms. The lowest BCUT2D eigenvalue weighted by atomic mass is 10.0. The van der Waals surface area contributed by atoms with Gasteiger partial charge in [-0.15, -0.1) is 0 Å². The molecule has 0 saturated carbocycles. The number of aliphatic carboxylic acids is 1. The predicted molar refractivity (Wildman–Crippen MR) is 57.0 cm³/mol. The van der Waals surface area contributed by atoms with Crippen LogP contribution in [0.3, 0.4) is 0 Å². The summed E-state index contributed by atoms with van der Waals surface area (Å²) in [5.74, 6) is -1.80. The first-order valence-electron chi connectivity index (χ1n) is 4.24. The largest absolute Gasteiger partial charge is 0.504 e. The highest BCUT2D eigenvalue weighted by atomic mass is 16.4. The molecule has 1 aromatic rings. The number of benzene rings is 1. The third kappa shape index (κ3) is 3.50. The molecule has 1 rings (SSSR count). The number of hydrogen-bond acceptors (Lipinski definition) is 3. The second-order valence-electron chi connectivity index (χ2n) is 3.27. The van der Waals surface area contributed by atoms with Gasteiger partial charge >= 0.3 is 5.97 Å². The van der Waals surface area contributed by atoms with Crippen LogP contribution in [-0.4, -0.2) is 21.3 Å². The Morgan fingerprint density at radius 2 is 1.93 bits per heavy atom. The van der Waals surface area contributed by atoms with Gasteiger partial charge in [0.2, 0.25) is 0 Å². The first-order chi connectivity index (χ1) is 6.50. The molecule has 0 radical (unpaired) electrons. The van der Waals surface area contributed by atoms with Crippen molar-refractivity contribution in [1.29, 1.82) is 0 Å². The van der Waals surface area contributed by atoms with E-state index < -0.39 is 11.9 Å². The Bertz CT molecular complexity index is 346. The van der Waals surface area contributed by atoms with E-state index in [1.807, 2.05) is 0 Å². The van der Waals surface area contributed by atoms with Gasteiger partial charge in [-0.1, -0.05) is 20.4 Å². The van der Waals surface area contributed by atoms with Gasteiger partial charge in [0, 0.05) is 0 Å². The number of hydrogen-bond donors (Lipinski definition) is 3. The summed E-state index contributed by atoms with van der Waals surface area (Å²) < 4.78 is 0. The van der Waals surface area contributed by atoms with Crippen LogP contribution in [0.15, 0.2) is 18.2 Å². The lowest BCUT2D eigenvalue weighted by molar-refractivity contribution is -0.141. The average molecular weight is 212 g/mol. The number of aromatic hydroxyl groups is 2. The van der Waals surface area contributed by atoms with E-state index in [1.54, 1.807) is 13.0 Å². The Morgan fingerprint density at radius 1 is 1.33 bits per heavy atom. The minimum absolute atomic E-state index is 0. The standard InChI is InChI=1S/C10H12O4.CH4/c1-6(10(13)14)4-7-2-3-8(11)9(12)5-7;/h2-3,5-6,11-12H,4H2,1H3,(H,13,14);1H4. The van der Waals surface area contributed by atoms with Crippen molar-refractivity contribution in [1.82, 2.24) is 0 Å². The SMILES string of the molecule is C.CC(Cc1ccc(O)c(O)c1)C(=O)O. The summed E-state index contributed by atoms with van der Waals surface area (Å²) in [5.41, 5.74) is 0.690. The fraction of sp³-hybridized carbons (Fsp3) is 0.364. The normalized spacial score (nSPS) is 11.5. The van der Waals surface area contributed by atoms with Gasteiger partial charge in [0.1, 0.15) is 0 Å². The monoisotopic (exact) mass is 212 g/mol. The van der Waals surface area contributed by atoms with Crippen molar-refractivity contribution in [2.45, 2.75) is 20.8 Å². The second-order valence-corrected chi connectivity index (χ2v) is 3.27. The summed E-state index contributed by atoms with van der Waals surface area (Å²) in [4.78, 5) is 10.5. The summed E-state index contributed by atoms with van der Waals surface area (Å²) >= 11 is 0. The Labute approximate surface area is 88.8 Å². The third-order valence-electron chi connectivity index (χ3n) is 2.00. The van der Waals surface area contributed by atoms with Gasteiger partial charge in [0.25, 0.3) is 0 Å². The maximum atomic E-state index is 10.5. The van der Waals surface area contributed by atoms with Crippen molar-refractivity contribution in [3.63, 3.8) is 0 Å². The molecular formula is C11H16O4. The molecule has 1 unspecified atom stereocenters. The molecule has 0 heterocycles. The van der Waals surface area contributed by atoms with Crippen LogP contribution in [0.5, 0.6) is 11.5 Å². The van der Waals surface area contributed by atoms with E-state index in [0.717, 1.165) is 0 Å². The highest BCUT2D eigenvalue weighted by molar-refractivity contribution is 5.69. The predicted octanol–water partition coefficient (Wildman–Crippen LogP) is 2.00. The molecule has 0 saturated heterocycles. The number of rotatable bonds is 3. The van der Waals surface area contributed by atoms with Gasteiger partial charge in [-0.25, -0.2) is 0 Å².